The van der Waals surface area contributed by atoms with Crippen LogP contribution < -0.4 is 15.0 Å². The van der Waals surface area contributed by atoms with Gasteiger partial charge < -0.3 is 15.0 Å². The molecule has 0 spiro atoms. The van der Waals surface area contributed by atoms with Crippen LogP contribution in [0.4, 0.5) is 11.5 Å². The molecule has 0 fully saturated rings. The number of methoxy groups -OCH3 is 1. The molecule has 0 saturated heterocycles. The molecule has 0 aliphatic carbocycles. The molecule has 2 heterocycles. The number of nitrogens with one attached hydrogen (secondary N) is 1. The molecule has 0 unspecified atom stereocenters. The standard InChI is InChI=1S/C20H22N4O/c1-23(2)15-10-8-14(9-11-15)19-16-12-13-21-20(16)24(22-19)17-6-4-5-7-18(17)25-3/h4-11,21H,12-13H2,1-3H3. The Bertz CT molecular complexity index is 897. The van der Waals surface area contributed by atoms with Gasteiger partial charge >= 0.3 is 0 Å². The van der Waals surface area contributed by atoms with Crippen LogP contribution in [0.3, 0.4) is 0 Å². The van der Waals surface area contributed by atoms with E-state index >= 15 is 0 Å². The zero-order valence-electron chi connectivity index (χ0n) is 14.8. The largest absolute Gasteiger partial charge is 0.494 e. The lowest BCUT2D eigenvalue weighted by molar-refractivity contribution is 0.412. The molecule has 25 heavy (non-hydrogen) atoms. The smallest absolute Gasteiger partial charge is 0.144 e. The van der Waals surface area contributed by atoms with E-state index in [9.17, 15) is 0 Å². The summed E-state index contributed by atoms with van der Waals surface area (Å²) in [4.78, 5) is 2.10. The molecule has 0 amide bonds. The van der Waals surface area contributed by atoms with Crippen LogP contribution in [0.25, 0.3) is 16.9 Å². The minimum atomic E-state index is 0.816. The number of aromatic nitrogens is 2. The van der Waals surface area contributed by atoms with Gasteiger partial charge in [-0.3, -0.25) is 0 Å². The molecule has 128 valence electrons. The number of rotatable bonds is 4. The summed E-state index contributed by atoms with van der Waals surface area (Å²) < 4.78 is 7.49. The van der Waals surface area contributed by atoms with Crippen LogP contribution in [-0.4, -0.2) is 37.5 Å². The van der Waals surface area contributed by atoms with E-state index in [1.54, 1.807) is 7.11 Å². The van der Waals surface area contributed by atoms with Crippen LogP contribution in [0.5, 0.6) is 5.75 Å². The molecule has 5 nitrogen and oxygen atoms in total. The van der Waals surface area contributed by atoms with Gasteiger partial charge in [0.05, 0.1) is 12.8 Å². The minimum absolute atomic E-state index is 0.816. The summed E-state index contributed by atoms with van der Waals surface area (Å²) in [5.74, 6) is 1.88. The SMILES string of the molecule is COc1ccccc1-n1nc(-c2ccc(N(C)C)cc2)c2c1NCC2. The topological polar surface area (TPSA) is 42.3 Å². The van der Waals surface area contributed by atoms with Gasteiger partial charge in [-0.25, -0.2) is 4.68 Å². The van der Waals surface area contributed by atoms with Gasteiger partial charge in [-0.1, -0.05) is 24.3 Å². The third kappa shape index (κ3) is 2.61. The quantitative estimate of drug-likeness (QED) is 0.792. The van der Waals surface area contributed by atoms with Crippen LogP contribution in [0, 0.1) is 0 Å². The summed E-state index contributed by atoms with van der Waals surface area (Å²) >= 11 is 0. The van der Waals surface area contributed by atoms with Crippen LogP contribution in [-0.2, 0) is 6.42 Å². The zero-order valence-corrected chi connectivity index (χ0v) is 14.8. The lowest BCUT2D eigenvalue weighted by Gasteiger charge is -2.12. The van der Waals surface area contributed by atoms with Gasteiger partial charge in [0.1, 0.15) is 17.3 Å². The second kappa shape index (κ2) is 6.16. The van der Waals surface area contributed by atoms with Crippen molar-refractivity contribution in [1.29, 1.82) is 0 Å². The van der Waals surface area contributed by atoms with Crippen molar-refractivity contribution in [3.63, 3.8) is 0 Å². The van der Waals surface area contributed by atoms with Crippen molar-refractivity contribution in [3.8, 4) is 22.7 Å². The van der Waals surface area contributed by atoms with Crippen molar-refractivity contribution in [1.82, 2.24) is 9.78 Å². The summed E-state index contributed by atoms with van der Waals surface area (Å²) in [6, 6.07) is 16.5. The molecule has 0 atom stereocenters. The fourth-order valence-corrected chi connectivity index (χ4v) is 3.30. The number of hydrogen-bond donors (Lipinski definition) is 1. The first-order valence-electron chi connectivity index (χ1n) is 8.46. The maximum absolute atomic E-state index is 5.52. The normalized spacial score (nSPS) is 12.6. The van der Waals surface area contributed by atoms with E-state index in [2.05, 4.69) is 34.5 Å². The fraction of sp³-hybridized carbons (Fsp3) is 0.250. The molecule has 4 rings (SSSR count). The average Bonchev–Trinajstić information content (AvgIpc) is 3.24. The fourth-order valence-electron chi connectivity index (χ4n) is 3.30. The lowest BCUT2D eigenvalue weighted by atomic mass is 10.1. The molecule has 1 aliphatic rings. The summed E-state index contributed by atoms with van der Waals surface area (Å²) in [6.45, 7) is 0.936. The Morgan fingerprint density at radius 1 is 1.08 bits per heavy atom. The highest BCUT2D eigenvalue weighted by Crippen LogP contribution is 2.36. The van der Waals surface area contributed by atoms with E-state index in [0.717, 1.165) is 41.5 Å². The van der Waals surface area contributed by atoms with E-state index in [1.165, 1.54) is 11.3 Å². The van der Waals surface area contributed by atoms with E-state index in [-0.39, 0.29) is 0 Å². The third-order valence-electron chi connectivity index (χ3n) is 4.62. The van der Waals surface area contributed by atoms with Crippen LogP contribution in [0.2, 0.25) is 0 Å². The number of benzene rings is 2. The predicted octanol–water partition coefficient (Wildman–Crippen LogP) is 3.58. The maximum atomic E-state index is 5.52. The Morgan fingerprint density at radius 3 is 2.56 bits per heavy atom. The van der Waals surface area contributed by atoms with E-state index in [0.29, 0.717) is 0 Å². The van der Waals surface area contributed by atoms with Crippen molar-refractivity contribution in [2.24, 2.45) is 0 Å². The molecular weight excluding hydrogens is 312 g/mol. The number of anilines is 2. The number of nitrogens with zero attached hydrogens (tertiary/aromatic N) is 3. The molecule has 0 bridgehead atoms. The summed E-state index contributed by atoms with van der Waals surface area (Å²) in [5.41, 5.74) is 5.58. The Labute approximate surface area is 147 Å². The molecule has 1 N–H and O–H groups in total. The Kier molecular flexibility index (Phi) is 3.84. The molecule has 2 aromatic carbocycles. The van der Waals surface area contributed by atoms with Gasteiger partial charge in [0.25, 0.3) is 0 Å². The Hall–Kier alpha value is -2.95. The molecule has 1 aromatic heterocycles. The van der Waals surface area contributed by atoms with Gasteiger partial charge in [-0.05, 0) is 30.7 Å². The number of para-hydroxylation sites is 2. The lowest BCUT2D eigenvalue weighted by Crippen LogP contribution is -2.08. The third-order valence-corrected chi connectivity index (χ3v) is 4.62. The monoisotopic (exact) mass is 334 g/mol. The molecule has 1 aliphatic heterocycles. The highest BCUT2D eigenvalue weighted by atomic mass is 16.5. The van der Waals surface area contributed by atoms with Gasteiger partial charge in [-0.2, -0.15) is 5.10 Å². The van der Waals surface area contributed by atoms with Gasteiger partial charge in [-0.15, -0.1) is 0 Å². The molecule has 0 saturated carbocycles. The zero-order chi connectivity index (χ0) is 17.4. The summed E-state index contributed by atoms with van der Waals surface area (Å²) in [5, 5.41) is 8.39. The number of hydrogen-bond acceptors (Lipinski definition) is 4. The average molecular weight is 334 g/mol. The first kappa shape index (κ1) is 15.6. The summed E-state index contributed by atoms with van der Waals surface area (Å²) in [6.07, 6.45) is 0.981. The maximum Gasteiger partial charge on any atom is 0.144 e. The Balaban J connectivity index is 1.83. The van der Waals surface area contributed by atoms with Crippen LogP contribution in [0.15, 0.2) is 48.5 Å². The highest BCUT2D eigenvalue weighted by Gasteiger charge is 2.25. The van der Waals surface area contributed by atoms with Crippen molar-refractivity contribution >= 4 is 11.5 Å². The van der Waals surface area contributed by atoms with E-state index < -0.39 is 0 Å². The number of fused-ring (bicyclic) bond motifs is 1. The van der Waals surface area contributed by atoms with Gasteiger partial charge in [0.15, 0.2) is 0 Å². The molecule has 3 aromatic rings. The molecule has 5 heteroatoms. The van der Waals surface area contributed by atoms with E-state index in [1.807, 2.05) is 43.0 Å². The van der Waals surface area contributed by atoms with Gasteiger partial charge in [0, 0.05) is 37.5 Å². The first-order valence-corrected chi connectivity index (χ1v) is 8.46. The first-order chi connectivity index (χ1) is 12.2. The molecule has 0 radical (unpaired) electrons. The van der Waals surface area contributed by atoms with Crippen LogP contribution in [0.1, 0.15) is 5.56 Å². The predicted molar refractivity (Wildman–Crippen MR) is 102 cm³/mol. The second-order valence-electron chi connectivity index (χ2n) is 6.38. The minimum Gasteiger partial charge on any atom is -0.494 e. The molecular formula is C20H22N4O. The van der Waals surface area contributed by atoms with Gasteiger partial charge in [0.2, 0.25) is 0 Å². The van der Waals surface area contributed by atoms with E-state index in [4.69, 9.17) is 9.84 Å². The van der Waals surface area contributed by atoms with Crippen molar-refractivity contribution in [2.45, 2.75) is 6.42 Å². The Morgan fingerprint density at radius 2 is 1.84 bits per heavy atom. The van der Waals surface area contributed by atoms with Crippen LogP contribution >= 0.6 is 0 Å². The number of ether oxygens (including phenoxy) is 1. The summed E-state index contributed by atoms with van der Waals surface area (Å²) in [7, 11) is 5.79. The van der Waals surface area contributed by atoms with Crippen molar-refractivity contribution < 1.29 is 4.74 Å². The van der Waals surface area contributed by atoms with Crippen molar-refractivity contribution in [2.75, 3.05) is 38.0 Å². The van der Waals surface area contributed by atoms with Crippen molar-refractivity contribution in [3.05, 3.63) is 54.1 Å². The highest BCUT2D eigenvalue weighted by molar-refractivity contribution is 5.74. The second-order valence-corrected chi connectivity index (χ2v) is 6.38.